The molecule has 0 radical (unpaired) electrons. The third kappa shape index (κ3) is 3.90. The molecule has 0 aromatic carbocycles. The van der Waals surface area contributed by atoms with Crippen molar-refractivity contribution in [3.63, 3.8) is 0 Å². The Labute approximate surface area is 161 Å². The molecule has 2 heterocycles. The van der Waals surface area contributed by atoms with Gasteiger partial charge in [-0.3, -0.25) is 4.79 Å². The monoisotopic (exact) mass is 372 g/mol. The largest absolute Gasteiger partial charge is 0.366 e. The van der Waals surface area contributed by atoms with E-state index in [0.717, 1.165) is 41.6 Å². The van der Waals surface area contributed by atoms with E-state index in [4.69, 9.17) is 5.73 Å². The van der Waals surface area contributed by atoms with Gasteiger partial charge in [-0.1, -0.05) is 45.4 Å². The van der Waals surface area contributed by atoms with Gasteiger partial charge in [0, 0.05) is 23.0 Å². The zero-order valence-electron chi connectivity index (χ0n) is 16.2. The minimum absolute atomic E-state index is 0.286. The molecule has 2 aromatic rings. The van der Waals surface area contributed by atoms with Crippen molar-refractivity contribution in [3.8, 4) is 11.1 Å². The van der Waals surface area contributed by atoms with Gasteiger partial charge in [0.25, 0.3) is 5.91 Å². The highest BCUT2D eigenvalue weighted by atomic mass is 32.1. The highest BCUT2D eigenvalue weighted by molar-refractivity contribution is 7.08. The van der Waals surface area contributed by atoms with Gasteiger partial charge < -0.3 is 10.3 Å². The van der Waals surface area contributed by atoms with Crippen molar-refractivity contribution < 1.29 is 4.79 Å². The Kier molecular flexibility index (Phi) is 6.58. The van der Waals surface area contributed by atoms with Crippen LogP contribution in [-0.4, -0.2) is 10.5 Å². The molecule has 0 aliphatic heterocycles. The first kappa shape index (κ1) is 19.2. The SMILES string of the molecule is CCCCc1c(-c2ccsc2)c(C(N)=O)c(C)n1C1CCCCCCC1. The zero-order chi connectivity index (χ0) is 18.5. The Hall–Kier alpha value is -1.55. The highest BCUT2D eigenvalue weighted by Crippen LogP contribution is 2.39. The molecule has 1 fully saturated rings. The number of amides is 1. The molecule has 2 aromatic heterocycles. The van der Waals surface area contributed by atoms with Crippen molar-refractivity contribution in [2.24, 2.45) is 5.73 Å². The normalized spacial score (nSPS) is 16.4. The molecule has 142 valence electrons. The first-order valence-electron chi connectivity index (χ1n) is 10.2. The zero-order valence-corrected chi connectivity index (χ0v) is 17.0. The summed E-state index contributed by atoms with van der Waals surface area (Å²) in [6.07, 6.45) is 12.4. The van der Waals surface area contributed by atoms with E-state index in [2.05, 4.69) is 35.2 Å². The predicted octanol–water partition coefficient (Wildman–Crippen LogP) is 6.25. The van der Waals surface area contributed by atoms with Gasteiger partial charge in [-0.15, -0.1) is 0 Å². The lowest BCUT2D eigenvalue weighted by Crippen LogP contribution is -2.17. The number of carbonyl (C=O) groups excluding carboxylic acids is 1. The molecule has 0 spiro atoms. The molecular formula is C22H32N2OS. The standard InChI is InChI=1S/C22H32N2OS/c1-3-4-12-19-21(17-13-14-26-15-17)20(22(23)25)16(2)24(19)18-10-8-6-5-7-9-11-18/h13-15,18H,3-12H2,1-2H3,(H2,23,25). The number of hydrogen-bond donors (Lipinski definition) is 1. The second kappa shape index (κ2) is 8.90. The summed E-state index contributed by atoms with van der Waals surface area (Å²) in [6.45, 7) is 4.33. The van der Waals surface area contributed by atoms with Gasteiger partial charge in [-0.05, 0) is 55.0 Å². The van der Waals surface area contributed by atoms with Crippen molar-refractivity contribution in [1.82, 2.24) is 4.57 Å². The van der Waals surface area contributed by atoms with E-state index < -0.39 is 0 Å². The van der Waals surface area contributed by atoms with Crippen LogP contribution < -0.4 is 5.73 Å². The lowest BCUT2D eigenvalue weighted by molar-refractivity contribution is 0.1000. The number of carbonyl (C=O) groups is 1. The van der Waals surface area contributed by atoms with E-state index in [0.29, 0.717) is 6.04 Å². The van der Waals surface area contributed by atoms with E-state index in [-0.39, 0.29) is 5.91 Å². The molecule has 3 nitrogen and oxygen atoms in total. The number of nitrogens with zero attached hydrogens (tertiary/aromatic N) is 1. The summed E-state index contributed by atoms with van der Waals surface area (Å²) in [4.78, 5) is 12.4. The number of rotatable bonds is 6. The van der Waals surface area contributed by atoms with Gasteiger partial charge in [-0.25, -0.2) is 0 Å². The highest BCUT2D eigenvalue weighted by Gasteiger charge is 2.28. The summed E-state index contributed by atoms with van der Waals surface area (Å²) in [5.74, 6) is -0.286. The van der Waals surface area contributed by atoms with Crippen LogP contribution in [0.15, 0.2) is 16.8 Å². The van der Waals surface area contributed by atoms with Crippen molar-refractivity contribution in [3.05, 3.63) is 33.8 Å². The predicted molar refractivity (Wildman–Crippen MR) is 111 cm³/mol. The molecule has 4 heteroatoms. The Morgan fingerprint density at radius 2 is 1.92 bits per heavy atom. The van der Waals surface area contributed by atoms with E-state index in [1.807, 2.05) is 0 Å². The average Bonchev–Trinajstić information content (AvgIpc) is 3.19. The van der Waals surface area contributed by atoms with Gasteiger partial charge in [0.1, 0.15) is 0 Å². The molecule has 26 heavy (non-hydrogen) atoms. The average molecular weight is 373 g/mol. The summed E-state index contributed by atoms with van der Waals surface area (Å²) in [7, 11) is 0. The van der Waals surface area contributed by atoms with Crippen molar-refractivity contribution in [2.75, 3.05) is 0 Å². The topological polar surface area (TPSA) is 48.0 Å². The molecule has 1 amide bonds. The Morgan fingerprint density at radius 1 is 1.23 bits per heavy atom. The lowest BCUT2D eigenvalue weighted by atomic mass is 9.95. The van der Waals surface area contributed by atoms with Crippen molar-refractivity contribution >= 4 is 17.2 Å². The van der Waals surface area contributed by atoms with Crippen molar-refractivity contribution in [1.29, 1.82) is 0 Å². The molecule has 0 saturated heterocycles. The van der Waals surface area contributed by atoms with Crippen LogP contribution in [0.25, 0.3) is 11.1 Å². The fourth-order valence-electron chi connectivity index (χ4n) is 4.56. The molecular weight excluding hydrogens is 340 g/mol. The van der Waals surface area contributed by atoms with E-state index in [1.165, 1.54) is 50.6 Å². The molecule has 3 rings (SSSR count). The van der Waals surface area contributed by atoms with Crippen LogP contribution in [0.3, 0.4) is 0 Å². The van der Waals surface area contributed by atoms with Crippen LogP contribution in [0.2, 0.25) is 0 Å². The molecule has 0 bridgehead atoms. The second-order valence-electron chi connectivity index (χ2n) is 7.63. The van der Waals surface area contributed by atoms with Gasteiger partial charge in [0.15, 0.2) is 0 Å². The summed E-state index contributed by atoms with van der Waals surface area (Å²) in [5.41, 5.74) is 11.3. The van der Waals surface area contributed by atoms with E-state index in [1.54, 1.807) is 11.3 Å². The van der Waals surface area contributed by atoms with Crippen molar-refractivity contribution in [2.45, 2.75) is 84.1 Å². The summed E-state index contributed by atoms with van der Waals surface area (Å²) < 4.78 is 2.51. The Bertz CT molecular complexity index is 722. The Morgan fingerprint density at radius 3 is 2.50 bits per heavy atom. The molecule has 1 aliphatic rings. The smallest absolute Gasteiger partial charge is 0.251 e. The Balaban J connectivity index is 2.15. The summed E-state index contributed by atoms with van der Waals surface area (Å²) >= 11 is 1.68. The summed E-state index contributed by atoms with van der Waals surface area (Å²) in [5, 5.41) is 4.24. The summed E-state index contributed by atoms with van der Waals surface area (Å²) in [6, 6.07) is 2.64. The van der Waals surface area contributed by atoms with E-state index in [9.17, 15) is 4.79 Å². The van der Waals surface area contributed by atoms with Crippen LogP contribution in [0.1, 0.15) is 92.5 Å². The maximum Gasteiger partial charge on any atom is 0.251 e. The maximum atomic E-state index is 12.4. The van der Waals surface area contributed by atoms with Gasteiger partial charge >= 0.3 is 0 Å². The quantitative estimate of drug-likeness (QED) is 0.640. The number of hydrogen-bond acceptors (Lipinski definition) is 2. The first-order valence-corrected chi connectivity index (χ1v) is 11.2. The fraction of sp³-hybridized carbons (Fsp3) is 0.591. The number of aromatic nitrogens is 1. The molecule has 1 saturated carbocycles. The molecule has 1 aliphatic carbocycles. The maximum absolute atomic E-state index is 12.4. The third-order valence-corrected chi connectivity index (χ3v) is 6.50. The fourth-order valence-corrected chi connectivity index (χ4v) is 5.21. The van der Waals surface area contributed by atoms with Gasteiger partial charge in [-0.2, -0.15) is 11.3 Å². The molecule has 0 unspecified atom stereocenters. The number of thiophene rings is 1. The van der Waals surface area contributed by atoms with Crippen LogP contribution in [0.4, 0.5) is 0 Å². The number of unbranched alkanes of at least 4 members (excludes halogenated alkanes) is 1. The van der Waals surface area contributed by atoms with Crippen LogP contribution in [0.5, 0.6) is 0 Å². The van der Waals surface area contributed by atoms with Crippen LogP contribution in [0, 0.1) is 6.92 Å². The number of nitrogens with two attached hydrogens (primary N) is 1. The van der Waals surface area contributed by atoms with Gasteiger partial charge in [0.05, 0.1) is 5.56 Å². The first-order chi connectivity index (χ1) is 12.6. The molecule has 0 atom stereocenters. The van der Waals surface area contributed by atoms with Crippen LogP contribution in [-0.2, 0) is 6.42 Å². The lowest BCUT2D eigenvalue weighted by Gasteiger charge is -2.26. The third-order valence-electron chi connectivity index (χ3n) is 5.82. The minimum Gasteiger partial charge on any atom is -0.366 e. The van der Waals surface area contributed by atoms with Crippen LogP contribution >= 0.6 is 11.3 Å². The number of primary amides is 1. The van der Waals surface area contributed by atoms with Gasteiger partial charge in [0.2, 0.25) is 0 Å². The molecule has 2 N–H and O–H groups in total. The minimum atomic E-state index is -0.286. The van der Waals surface area contributed by atoms with E-state index >= 15 is 0 Å². The second-order valence-corrected chi connectivity index (χ2v) is 8.41.